The van der Waals surface area contributed by atoms with Crippen molar-refractivity contribution in [1.29, 1.82) is 0 Å². The molecular weight excluding hydrogens is 216 g/mol. The molecule has 2 aromatic rings. The third-order valence-electron chi connectivity index (χ3n) is 2.32. The third kappa shape index (κ3) is 2.98. The van der Waals surface area contributed by atoms with Crippen molar-refractivity contribution in [1.82, 2.24) is 0 Å². The Labute approximate surface area is 101 Å². The number of hydrogen-bond donors (Lipinski definition) is 0. The van der Waals surface area contributed by atoms with Crippen molar-refractivity contribution in [2.75, 3.05) is 0 Å². The summed E-state index contributed by atoms with van der Waals surface area (Å²) >= 11 is 5.89. The molecule has 0 unspecified atom stereocenters. The zero-order chi connectivity index (χ0) is 11.4. The van der Waals surface area contributed by atoms with Gasteiger partial charge in [-0.3, -0.25) is 0 Å². The van der Waals surface area contributed by atoms with Gasteiger partial charge in [-0.2, -0.15) is 0 Å². The highest BCUT2D eigenvalue weighted by atomic mass is 35.5. The fourth-order valence-corrected chi connectivity index (χ4v) is 1.60. The van der Waals surface area contributed by atoms with Crippen LogP contribution in [0.1, 0.15) is 16.7 Å². The van der Waals surface area contributed by atoms with Gasteiger partial charge in [-0.15, -0.1) is 0 Å². The number of benzene rings is 2. The predicted molar refractivity (Wildman–Crippen MR) is 70.4 cm³/mol. The molecule has 0 aliphatic rings. The Morgan fingerprint density at radius 1 is 1.06 bits per heavy atom. The Morgan fingerprint density at radius 2 is 1.81 bits per heavy atom. The number of rotatable bonds is 2. The van der Waals surface area contributed by atoms with Gasteiger partial charge in [0.2, 0.25) is 0 Å². The Morgan fingerprint density at radius 3 is 2.50 bits per heavy atom. The van der Waals surface area contributed by atoms with Crippen molar-refractivity contribution >= 4 is 23.8 Å². The number of hydrogen-bond acceptors (Lipinski definition) is 0. The second-order valence-electron chi connectivity index (χ2n) is 3.71. The zero-order valence-corrected chi connectivity index (χ0v) is 9.83. The maximum atomic E-state index is 5.89. The standard InChI is InChI=1S/C15H12Cl/c1-12-5-7-13(8-6-12)9-10-14-3-2-4-15(16)11-14/h2,4-11H,1H3/b10-9+. The van der Waals surface area contributed by atoms with E-state index >= 15 is 0 Å². The van der Waals surface area contributed by atoms with Gasteiger partial charge in [0.05, 0.1) is 0 Å². The average molecular weight is 228 g/mol. The molecule has 2 aromatic carbocycles. The topological polar surface area (TPSA) is 0 Å². The lowest BCUT2D eigenvalue weighted by Gasteiger charge is -1.96. The first-order chi connectivity index (χ1) is 7.74. The van der Waals surface area contributed by atoms with E-state index in [1.165, 1.54) is 11.1 Å². The summed E-state index contributed by atoms with van der Waals surface area (Å²) in [6.45, 7) is 2.08. The molecule has 1 heteroatoms. The molecule has 0 amide bonds. The van der Waals surface area contributed by atoms with E-state index in [0.717, 1.165) is 10.6 Å². The first-order valence-electron chi connectivity index (χ1n) is 5.16. The summed E-state index contributed by atoms with van der Waals surface area (Å²) in [6.07, 6.45) is 4.07. The quantitative estimate of drug-likeness (QED) is 0.657. The van der Waals surface area contributed by atoms with E-state index in [9.17, 15) is 0 Å². The van der Waals surface area contributed by atoms with Crippen LogP contribution < -0.4 is 0 Å². The van der Waals surface area contributed by atoms with Gasteiger partial charge < -0.3 is 0 Å². The van der Waals surface area contributed by atoms with Crippen LogP contribution in [0.5, 0.6) is 0 Å². The van der Waals surface area contributed by atoms with Gasteiger partial charge in [0.1, 0.15) is 0 Å². The van der Waals surface area contributed by atoms with Crippen molar-refractivity contribution < 1.29 is 0 Å². The molecule has 2 rings (SSSR count). The highest BCUT2D eigenvalue weighted by Crippen LogP contribution is 2.13. The fraction of sp³-hybridized carbons (Fsp3) is 0.0667. The van der Waals surface area contributed by atoms with E-state index in [1.54, 1.807) is 0 Å². The molecule has 0 fully saturated rings. The molecule has 0 saturated carbocycles. The zero-order valence-electron chi connectivity index (χ0n) is 9.07. The van der Waals surface area contributed by atoms with E-state index in [4.69, 9.17) is 11.6 Å². The summed E-state index contributed by atoms with van der Waals surface area (Å²) < 4.78 is 0. The van der Waals surface area contributed by atoms with Gasteiger partial charge in [-0.1, -0.05) is 59.6 Å². The Hall–Kier alpha value is -1.53. The Bertz CT molecular complexity index is 495. The van der Waals surface area contributed by atoms with Crippen LogP contribution in [0.2, 0.25) is 5.02 Å². The molecule has 0 nitrogen and oxygen atoms in total. The highest BCUT2D eigenvalue weighted by Gasteiger charge is 1.90. The van der Waals surface area contributed by atoms with Crippen molar-refractivity contribution in [2.45, 2.75) is 6.92 Å². The van der Waals surface area contributed by atoms with Crippen LogP contribution in [0.25, 0.3) is 12.2 Å². The van der Waals surface area contributed by atoms with E-state index in [0.29, 0.717) is 0 Å². The van der Waals surface area contributed by atoms with Gasteiger partial charge in [0.25, 0.3) is 0 Å². The molecule has 0 saturated heterocycles. The van der Waals surface area contributed by atoms with E-state index < -0.39 is 0 Å². The summed E-state index contributed by atoms with van der Waals surface area (Å²) in [4.78, 5) is 0. The first kappa shape index (κ1) is 11.0. The molecule has 0 aromatic heterocycles. The van der Waals surface area contributed by atoms with Gasteiger partial charge in [-0.05, 0) is 36.2 Å². The summed E-state index contributed by atoms with van der Waals surface area (Å²) in [7, 11) is 0. The van der Waals surface area contributed by atoms with Crippen molar-refractivity contribution in [3.05, 3.63) is 70.2 Å². The van der Waals surface area contributed by atoms with Crippen LogP contribution in [0.15, 0.2) is 42.5 Å². The molecule has 0 heterocycles. The fourth-order valence-electron chi connectivity index (χ4n) is 1.42. The summed E-state index contributed by atoms with van der Waals surface area (Å²) in [6, 6.07) is 17.1. The van der Waals surface area contributed by atoms with Gasteiger partial charge in [0.15, 0.2) is 0 Å². The average Bonchev–Trinajstić information content (AvgIpc) is 2.28. The van der Waals surface area contributed by atoms with Crippen LogP contribution in [-0.2, 0) is 0 Å². The molecule has 1 radical (unpaired) electrons. The maximum absolute atomic E-state index is 5.89. The minimum Gasteiger partial charge on any atom is -0.0843 e. The molecule has 0 bridgehead atoms. The summed E-state index contributed by atoms with van der Waals surface area (Å²) in [5, 5.41) is 0.738. The van der Waals surface area contributed by atoms with E-state index in [2.05, 4.69) is 43.3 Å². The number of halogens is 1. The molecule has 0 N–H and O–H groups in total. The number of aryl methyl sites for hydroxylation is 1. The molecule has 0 aliphatic heterocycles. The normalized spacial score (nSPS) is 10.9. The van der Waals surface area contributed by atoms with Gasteiger partial charge in [0, 0.05) is 5.02 Å². The van der Waals surface area contributed by atoms with E-state index in [-0.39, 0.29) is 0 Å². The molecule has 79 valence electrons. The third-order valence-corrected chi connectivity index (χ3v) is 2.55. The Kier molecular flexibility index (Phi) is 3.43. The second kappa shape index (κ2) is 5.00. The summed E-state index contributed by atoms with van der Waals surface area (Å²) in [5.74, 6) is 0. The molecule has 0 spiro atoms. The maximum Gasteiger partial charge on any atom is 0.0412 e. The lowest BCUT2D eigenvalue weighted by molar-refractivity contribution is 1.46. The van der Waals surface area contributed by atoms with Crippen molar-refractivity contribution in [3.8, 4) is 0 Å². The molecule has 0 atom stereocenters. The monoisotopic (exact) mass is 227 g/mol. The van der Waals surface area contributed by atoms with Crippen LogP contribution in [-0.4, -0.2) is 0 Å². The predicted octanol–water partition coefficient (Wildman–Crippen LogP) is 4.62. The SMILES string of the molecule is Cc1ccc(/C=C/c2[c]ccc(Cl)c2)cc1. The van der Waals surface area contributed by atoms with Crippen LogP contribution in [0.4, 0.5) is 0 Å². The second-order valence-corrected chi connectivity index (χ2v) is 4.14. The largest absolute Gasteiger partial charge is 0.0843 e. The summed E-state index contributed by atoms with van der Waals surface area (Å²) in [5.41, 5.74) is 3.44. The van der Waals surface area contributed by atoms with Crippen molar-refractivity contribution in [2.24, 2.45) is 0 Å². The Balaban J connectivity index is 2.18. The van der Waals surface area contributed by atoms with Crippen molar-refractivity contribution in [3.63, 3.8) is 0 Å². The molecule has 16 heavy (non-hydrogen) atoms. The van der Waals surface area contributed by atoms with E-state index in [1.807, 2.05) is 24.3 Å². The minimum atomic E-state index is 0.738. The van der Waals surface area contributed by atoms with Crippen LogP contribution in [0.3, 0.4) is 0 Å². The van der Waals surface area contributed by atoms with Crippen LogP contribution in [0, 0.1) is 13.0 Å². The minimum absolute atomic E-state index is 0.738. The highest BCUT2D eigenvalue weighted by molar-refractivity contribution is 6.30. The molecule has 0 aliphatic carbocycles. The lowest BCUT2D eigenvalue weighted by Crippen LogP contribution is -1.75. The lowest BCUT2D eigenvalue weighted by atomic mass is 10.1. The first-order valence-corrected chi connectivity index (χ1v) is 5.54. The molecular formula is C15H12Cl. The van der Waals surface area contributed by atoms with Gasteiger partial charge >= 0.3 is 0 Å². The van der Waals surface area contributed by atoms with Gasteiger partial charge in [-0.25, -0.2) is 0 Å². The smallest absolute Gasteiger partial charge is 0.0412 e. The van der Waals surface area contributed by atoms with Crippen LogP contribution >= 0.6 is 11.6 Å².